The summed E-state index contributed by atoms with van der Waals surface area (Å²) in [5.41, 5.74) is -0.110. The smallest absolute Gasteiger partial charge is 0.191 e. The molecule has 1 aliphatic carbocycles. The van der Waals surface area contributed by atoms with Gasteiger partial charge in [-0.05, 0) is 5.41 Å². The molecule has 0 spiro atoms. The Morgan fingerprint density at radius 3 is 2.23 bits per heavy atom. The number of halogens is 4. The van der Waals surface area contributed by atoms with Gasteiger partial charge >= 0.3 is 0 Å². The van der Waals surface area contributed by atoms with E-state index in [-0.39, 0.29) is 21.9 Å². The third-order valence-corrected chi connectivity index (χ3v) is 4.67. The average Bonchev–Trinajstić information content (AvgIpc) is 1.96. The molecule has 0 aromatic carbocycles. The van der Waals surface area contributed by atoms with Gasteiger partial charge in [-0.15, -0.1) is 0 Å². The van der Waals surface area contributed by atoms with E-state index in [1.165, 1.54) is 0 Å². The minimum absolute atomic E-state index is 0.0997. The molecule has 2 atom stereocenters. The second-order valence-corrected chi connectivity index (χ2v) is 7.39. The normalized spacial score (nSPS) is 32.9. The lowest BCUT2D eigenvalue weighted by atomic mass is 9.60. The lowest BCUT2D eigenvalue weighted by Crippen LogP contribution is -2.56. The fraction of sp³-hybridized carbons (Fsp3) is 0.875. The molecule has 5 heteroatoms. The van der Waals surface area contributed by atoms with Crippen LogP contribution in [0.5, 0.6) is 0 Å². The molecule has 13 heavy (non-hydrogen) atoms. The number of rotatable bonds is 1. The van der Waals surface area contributed by atoms with Crippen LogP contribution >= 0.6 is 50.7 Å². The lowest BCUT2D eigenvalue weighted by Gasteiger charge is -2.48. The molecule has 0 saturated heterocycles. The van der Waals surface area contributed by atoms with Crippen LogP contribution in [0.4, 0.5) is 0 Å². The highest BCUT2D eigenvalue weighted by Crippen LogP contribution is 2.52. The van der Waals surface area contributed by atoms with E-state index in [0.29, 0.717) is 6.42 Å². The molecular formula is C8H10BrCl3O. The molecule has 1 rings (SSSR count). The molecule has 0 aromatic heterocycles. The van der Waals surface area contributed by atoms with Crippen LogP contribution in [-0.4, -0.2) is 14.4 Å². The van der Waals surface area contributed by atoms with Crippen molar-refractivity contribution in [2.24, 2.45) is 11.3 Å². The van der Waals surface area contributed by atoms with Crippen LogP contribution in [0.3, 0.4) is 0 Å². The Morgan fingerprint density at radius 1 is 1.46 bits per heavy atom. The van der Waals surface area contributed by atoms with E-state index in [4.69, 9.17) is 34.8 Å². The maximum absolute atomic E-state index is 11.4. The molecule has 0 aromatic rings. The predicted molar refractivity (Wildman–Crippen MR) is 59.9 cm³/mol. The van der Waals surface area contributed by atoms with Crippen LogP contribution in [0.25, 0.3) is 0 Å². The van der Waals surface area contributed by atoms with Crippen molar-refractivity contribution in [3.63, 3.8) is 0 Å². The number of hydrogen-bond donors (Lipinski definition) is 0. The van der Waals surface area contributed by atoms with Crippen molar-refractivity contribution in [1.29, 1.82) is 0 Å². The summed E-state index contributed by atoms with van der Waals surface area (Å²) in [7, 11) is 0. The summed E-state index contributed by atoms with van der Waals surface area (Å²) in [6.45, 7) is 3.99. The van der Waals surface area contributed by atoms with Crippen LogP contribution in [0, 0.1) is 11.3 Å². The molecule has 1 aliphatic rings. The van der Waals surface area contributed by atoms with Crippen LogP contribution < -0.4 is 0 Å². The van der Waals surface area contributed by atoms with Crippen molar-refractivity contribution in [2.45, 2.75) is 28.9 Å². The first-order valence-electron chi connectivity index (χ1n) is 3.91. The van der Waals surface area contributed by atoms with Gasteiger partial charge in [-0.2, -0.15) is 0 Å². The van der Waals surface area contributed by atoms with Crippen LogP contribution in [-0.2, 0) is 4.79 Å². The highest BCUT2D eigenvalue weighted by Gasteiger charge is 2.56. The summed E-state index contributed by atoms with van der Waals surface area (Å²) in [5.74, 6) is -0.0132. The van der Waals surface area contributed by atoms with E-state index >= 15 is 0 Å². The van der Waals surface area contributed by atoms with E-state index in [1.54, 1.807) is 0 Å². The molecule has 0 N–H and O–H groups in total. The summed E-state index contributed by atoms with van der Waals surface area (Å²) in [6, 6.07) is 0. The molecular weight excluding hydrogens is 298 g/mol. The SMILES string of the molecule is CC1(C)C(Br)C(=O)C1CC(Cl)(Cl)Cl. The number of ketones is 1. The molecule has 76 valence electrons. The number of hydrogen-bond acceptors (Lipinski definition) is 1. The third-order valence-electron chi connectivity index (χ3n) is 2.58. The molecule has 0 heterocycles. The molecule has 0 bridgehead atoms. The van der Waals surface area contributed by atoms with Crippen molar-refractivity contribution in [2.75, 3.05) is 0 Å². The standard InChI is InChI=1S/C8H10BrCl3O/c1-7(2)4(3-8(10,11)12)5(13)6(7)9/h4,6H,3H2,1-2H3. The maximum Gasteiger partial charge on any atom is 0.191 e. The Labute approximate surface area is 101 Å². The average molecular weight is 308 g/mol. The van der Waals surface area contributed by atoms with Gasteiger partial charge in [0.25, 0.3) is 0 Å². The zero-order valence-corrected chi connectivity index (χ0v) is 11.1. The minimum atomic E-state index is -1.33. The van der Waals surface area contributed by atoms with Crippen LogP contribution in [0.1, 0.15) is 20.3 Å². The van der Waals surface area contributed by atoms with Gasteiger partial charge in [0.1, 0.15) is 0 Å². The van der Waals surface area contributed by atoms with Gasteiger partial charge < -0.3 is 0 Å². The van der Waals surface area contributed by atoms with Gasteiger partial charge in [-0.1, -0.05) is 64.6 Å². The summed E-state index contributed by atoms with van der Waals surface area (Å²) in [6.07, 6.45) is 0.297. The van der Waals surface area contributed by atoms with E-state index in [2.05, 4.69) is 15.9 Å². The first-order chi connectivity index (χ1) is 5.66. The van der Waals surface area contributed by atoms with Gasteiger partial charge in [0.15, 0.2) is 9.58 Å². The van der Waals surface area contributed by atoms with Crippen LogP contribution in [0.15, 0.2) is 0 Å². The quantitative estimate of drug-likeness (QED) is 0.675. The molecule has 1 nitrogen and oxygen atoms in total. The monoisotopic (exact) mass is 306 g/mol. The van der Waals surface area contributed by atoms with Gasteiger partial charge in [-0.25, -0.2) is 0 Å². The maximum atomic E-state index is 11.4. The topological polar surface area (TPSA) is 17.1 Å². The fourth-order valence-electron chi connectivity index (χ4n) is 1.59. The zero-order valence-electron chi connectivity index (χ0n) is 7.28. The Morgan fingerprint density at radius 2 is 1.92 bits per heavy atom. The van der Waals surface area contributed by atoms with Crippen molar-refractivity contribution in [1.82, 2.24) is 0 Å². The first kappa shape index (κ1) is 12.1. The highest BCUT2D eigenvalue weighted by atomic mass is 79.9. The largest absolute Gasteiger partial charge is 0.298 e. The van der Waals surface area contributed by atoms with Crippen molar-refractivity contribution in [3.05, 3.63) is 0 Å². The van der Waals surface area contributed by atoms with Crippen molar-refractivity contribution in [3.8, 4) is 0 Å². The van der Waals surface area contributed by atoms with Crippen LogP contribution in [0.2, 0.25) is 0 Å². The fourth-order valence-corrected chi connectivity index (χ4v) is 2.69. The Bertz CT molecular complexity index is 234. The summed E-state index contributed by atoms with van der Waals surface area (Å²) >= 11 is 20.2. The molecule has 2 unspecified atom stereocenters. The Hall–Kier alpha value is 1.02. The van der Waals surface area contributed by atoms with Crippen molar-refractivity contribution >= 4 is 56.5 Å². The molecule has 0 amide bonds. The molecule has 1 saturated carbocycles. The summed E-state index contributed by atoms with van der Waals surface area (Å²) in [5, 5.41) is 0. The van der Waals surface area contributed by atoms with E-state index in [9.17, 15) is 4.79 Å². The number of alkyl halides is 4. The van der Waals surface area contributed by atoms with Crippen molar-refractivity contribution < 1.29 is 4.79 Å². The molecule has 0 radical (unpaired) electrons. The third kappa shape index (κ3) is 2.34. The molecule has 0 aliphatic heterocycles. The summed E-state index contributed by atoms with van der Waals surface area (Å²) < 4.78 is -1.33. The van der Waals surface area contributed by atoms with Gasteiger partial charge in [0.05, 0.1) is 4.83 Å². The number of Topliss-reactive ketones (excluding diaryl/α,β-unsaturated/α-hetero) is 1. The second-order valence-electron chi connectivity index (χ2n) is 3.96. The summed E-state index contributed by atoms with van der Waals surface area (Å²) in [4.78, 5) is 11.3. The second kappa shape index (κ2) is 3.55. The van der Waals surface area contributed by atoms with E-state index in [0.717, 1.165) is 0 Å². The number of carbonyl (C=O) groups excluding carboxylic acids is 1. The Kier molecular flexibility index (Phi) is 3.30. The Balaban J connectivity index is 2.68. The van der Waals surface area contributed by atoms with E-state index < -0.39 is 3.79 Å². The lowest BCUT2D eigenvalue weighted by molar-refractivity contribution is -0.138. The number of carbonyl (C=O) groups is 1. The molecule has 1 fully saturated rings. The minimum Gasteiger partial charge on any atom is -0.298 e. The van der Waals surface area contributed by atoms with Gasteiger partial charge in [-0.3, -0.25) is 4.79 Å². The zero-order chi connectivity index (χ0) is 10.4. The first-order valence-corrected chi connectivity index (χ1v) is 5.96. The van der Waals surface area contributed by atoms with Gasteiger partial charge in [0, 0.05) is 12.3 Å². The highest BCUT2D eigenvalue weighted by molar-refractivity contribution is 9.10. The van der Waals surface area contributed by atoms with E-state index in [1.807, 2.05) is 13.8 Å². The predicted octanol–water partition coefficient (Wildman–Crippen LogP) is 3.74. The van der Waals surface area contributed by atoms with Gasteiger partial charge in [0.2, 0.25) is 0 Å².